The molecule has 0 N–H and O–H groups in total. The van der Waals surface area contributed by atoms with E-state index in [4.69, 9.17) is 4.74 Å². The number of amides is 2. The molecule has 29 heavy (non-hydrogen) atoms. The minimum absolute atomic E-state index is 0.00383. The molecule has 0 radical (unpaired) electrons. The molecule has 4 aliphatic heterocycles. The Morgan fingerprint density at radius 3 is 2.03 bits per heavy atom. The van der Waals surface area contributed by atoms with E-state index in [9.17, 15) is 9.59 Å². The van der Waals surface area contributed by atoms with Crippen LogP contribution in [0.4, 0.5) is 0 Å². The maximum Gasteiger partial charge on any atom is 0.225 e. The largest absolute Gasteiger partial charge is 0.376 e. The summed E-state index contributed by atoms with van der Waals surface area (Å²) in [6.45, 7) is 6.59. The summed E-state index contributed by atoms with van der Waals surface area (Å²) in [4.78, 5) is 32.4. The van der Waals surface area contributed by atoms with Crippen molar-refractivity contribution in [3.05, 3.63) is 0 Å². The third-order valence-corrected chi connectivity index (χ3v) is 8.28. The van der Waals surface area contributed by atoms with Gasteiger partial charge in [-0.3, -0.25) is 14.5 Å². The van der Waals surface area contributed by atoms with Gasteiger partial charge in [-0.1, -0.05) is 6.42 Å². The average molecular weight is 404 g/mol. The van der Waals surface area contributed by atoms with E-state index in [0.29, 0.717) is 36.6 Å². The zero-order valence-electron chi connectivity index (χ0n) is 17.8. The number of carbonyl (C=O) groups is 2. The van der Waals surface area contributed by atoms with Gasteiger partial charge in [0.1, 0.15) is 0 Å². The predicted octanol–water partition coefficient (Wildman–Crippen LogP) is 2.13. The van der Waals surface area contributed by atoms with E-state index in [0.717, 1.165) is 77.5 Å². The molecule has 5 fully saturated rings. The molecule has 2 amide bonds. The number of hydrogen-bond donors (Lipinski definition) is 0. The molecule has 1 saturated carbocycles. The lowest BCUT2D eigenvalue weighted by Gasteiger charge is -2.32. The second-order valence-corrected chi connectivity index (χ2v) is 10.1. The summed E-state index contributed by atoms with van der Waals surface area (Å²) in [5.41, 5.74) is 0. The fourth-order valence-electron chi connectivity index (χ4n) is 6.42. The Morgan fingerprint density at radius 1 is 0.828 bits per heavy atom. The topological polar surface area (TPSA) is 53.1 Å². The zero-order valence-corrected chi connectivity index (χ0v) is 17.8. The highest BCUT2D eigenvalue weighted by molar-refractivity contribution is 5.78. The number of ether oxygens (including phenoxy) is 1. The first kappa shape index (κ1) is 19.8. The molecule has 4 atom stereocenters. The lowest BCUT2D eigenvalue weighted by atomic mass is 9.83. The number of rotatable bonds is 6. The maximum atomic E-state index is 12.9. The van der Waals surface area contributed by atoms with Gasteiger partial charge in [-0.25, -0.2) is 0 Å². The molecule has 4 saturated heterocycles. The van der Waals surface area contributed by atoms with E-state index in [1.807, 2.05) is 4.90 Å². The van der Waals surface area contributed by atoms with E-state index in [2.05, 4.69) is 9.80 Å². The minimum atomic E-state index is -0.00383. The Labute approximate surface area is 174 Å². The first-order valence-electron chi connectivity index (χ1n) is 12.1. The van der Waals surface area contributed by atoms with Crippen LogP contribution < -0.4 is 0 Å². The normalized spacial score (nSPS) is 35.3. The van der Waals surface area contributed by atoms with Gasteiger partial charge < -0.3 is 14.5 Å². The van der Waals surface area contributed by atoms with Crippen molar-refractivity contribution in [3.8, 4) is 0 Å². The van der Waals surface area contributed by atoms with E-state index in [1.54, 1.807) is 0 Å². The summed E-state index contributed by atoms with van der Waals surface area (Å²) in [6.07, 6.45) is 9.76. The van der Waals surface area contributed by atoms with Crippen molar-refractivity contribution in [1.29, 1.82) is 0 Å². The molecule has 162 valence electrons. The summed E-state index contributed by atoms with van der Waals surface area (Å²) >= 11 is 0. The quantitative estimate of drug-likeness (QED) is 0.682. The SMILES string of the molecule is O=C(C[C@@H]1CN(CC2CCC2)[C@@H]2CO[C@@H](CC(=O)N3CCCC3)[C@H]12)N1CCCC1. The number of likely N-dealkylation sites (tertiary alicyclic amines) is 3. The third kappa shape index (κ3) is 4.07. The Balaban J connectivity index is 1.26. The van der Waals surface area contributed by atoms with Crippen LogP contribution in [-0.4, -0.2) is 84.5 Å². The van der Waals surface area contributed by atoms with Crippen molar-refractivity contribution in [2.45, 2.75) is 69.9 Å². The van der Waals surface area contributed by atoms with Gasteiger partial charge in [-0.05, 0) is 50.4 Å². The molecule has 5 aliphatic rings. The van der Waals surface area contributed by atoms with Crippen LogP contribution in [0.25, 0.3) is 0 Å². The predicted molar refractivity (Wildman–Crippen MR) is 110 cm³/mol. The molecule has 0 bridgehead atoms. The van der Waals surface area contributed by atoms with Crippen LogP contribution >= 0.6 is 0 Å². The summed E-state index contributed by atoms with van der Waals surface area (Å²) in [6, 6.07) is 0.406. The highest BCUT2D eigenvalue weighted by Crippen LogP contribution is 2.43. The first-order valence-corrected chi connectivity index (χ1v) is 12.1. The molecule has 0 aromatic heterocycles. The van der Waals surface area contributed by atoms with Gasteiger partial charge >= 0.3 is 0 Å². The highest BCUT2D eigenvalue weighted by atomic mass is 16.5. The maximum absolute atomic E-state index is 12.9. The minimum Gasteiger partial charge on any atom is -0.376 e. The van der Waals surface area contributed by atoms with Crippen molar-refractivity contribution < 1.29 is 14.3 Å². The number of nitrogens with zero attached hydrogens (tertiary/aromatic N) is 3. The fraction of sp³-hybridized carbons (Fsp3) is 0.913. The lowest BCUT2D eigenvalue weighted by molar-refractivity contribution is -0.133. The van der Waals surface area contributed by atoms with Crippen LogP contribution in [0.15, 0.2) is 0 Å². The van der Waals surface area contributed by atoms with E-state index >= 15 is 0 Å². The standard InChI is InChI=1S/C23H37N3O3/c27-21(24-8-1-2-9-24)12-18-15-26(14-17-6-5-7-17)19-16-29-20(23(18)19)13-22(28)25-10-3-4-11-25/h17-20,23H,1-16H2/t18-,19-,20+,23-/m1/s1. The summed E-state index contributed by atoms with van der Waals surface area (Å²) in [5.74, 6) is 2.10. The lowest BCUT2D eigenvalue weighted by Crippen LogP contribution is -2.39. The summed E-state index contributed by atoms with van der Waals surface area (Å²) in [7, 11) is 0. The van der Waals surface area contributed by atoms with E-state index < -0.39 is 0 Å². The Kier molecular flexibility index (Phi) is 5.83. The molecule has 4 heterocycles. The Hall–Kier alpha value is -1.14. The van der Waals surface area contributed by atoms with Gasteiger partial charge in [0, 0.05) is 57.6 Å². The molecule has 0 aromatic rings. The summed E-state index contributed by atoms with van der Waals surface area (Å²) in [5, 5.41) is 0. The van der Waals surface area contributed by atoms with Crippen LogP contribution in [-0.2, 0) is 14.3 Å². The van der Waals surface area contributed by atoms with Crippen molar-refractivity contribution in [1.82, 2.24) is 14.7 Å². The van der Waals surface area contributed by atoms with Crippen molar-refractivity contribution in [2.75, 3.05) is 45.9 Å². The van der Waals surface area contributed by atoms with Crippen LogP contribution in [0.3, 0.4) is 0 Å². The van der Waals surface area contributed by atoms with Crippen LogP contribution in [0.1, 0.15) is 57.8 Å². The van der Waals surface area contributed by atoms with Crippen LogP contribution in [0, 0.1) is 17.8 Å². The van der Waals surface area contributed by atoms with Crippen molar-refractivity contribution >= 4 is 11.8 Å². The molecule has 0 spiro atoms. The van der Waals surface area contributed by atoms with E-state index in [1.165, 1.54) is 19.3 Å². The third-order valence-electron chi connectivity index (χ3n) is 8.28. The summed E-state index contributed by atoms with van der Waals surface area (Å²) < 4.78 is 6.24. The molecule has 6 nitrogen and oxygen atoms in total. The second kappa shape index (κ2) is 8.54. The second-order valence-electron chi connectivity index (χ2n) is 10.1. The monoisotopic (exact) mass is 403 g/mol. The van der Waals surface area contributed by atoms with Gasteiger partial charge in [0.25, 0.3) is 0 Å². The molecule has 6 heteroatoms. The van der Waals surface area contributed by atoms with E-state index in [-0.39, 0.29) is 12.0 Å². The zero-order chi connectivity index (χ0) is 19.8. The van der Waals surface area contributed by atoms with Gasteiger partial charge in [0.05, 0.1) is 19.1 Å². The Bertz CT molecular complexity index is 610. The van der Waals surface area contributed by atoms with Crippen molar-refractivity contribution in [2.24, 2.45) is 17.8 Å². The van der Waals surface area contributed by atoms with Gasteiger partial charge in [0.2, 0.25) is 11.8 Å². The fourth-order valence-corrected chi connectivity index (χ4v) is 6.42. The Morgan fingerprint density at radius 2 is 1.45 bits per heavy atom. The average Bonchev–Trinajstić information content (AvgIpc) is 3.45. The molecule has 0 unspecified atom stereocenters. The smallest absolute Gasteiger partial charge is 0.225 e. The van der Waals surface area contributed by atoms with Gasteiger partial charge in [-0.15, -0.1) is 0 Å². The number of hydrogen-bond acceptors (Lipinski definition) is 4. The van der Waals surface area contributed by atoms with Crippen LogP contribution in [0.2, 0.25) is 0 Å². The van der Waals surface area contributed by atoms with Crippen LogP contribution in [0.5, 0.6) is 0 Å². The molecule has 1 aliphatic carbocycles. The molecule has 0 aromatic carbocycles. The molecule has 5 rings (SSSR count). The van der Waals surface area contributed by atoms with Gasteiger partial charge in [-0.2, -0.15) is 0 Å². The van der Waals surface area contributed by atoms with Crippen molar-refractivity contribution in [3.63, 3.8) is 0 Å². The number of carbonyl (C=O) groups excluding carboxylic acids is 2. The van der Waals surface area contributed by atoms with Gasteiger partial charge in [0.15, 0.2) is 0 Å². The molecular weight excluding hydrogens is 366 g/mol. The number of fused-ring (bicyclic) bond motifs is 1. The highest BCUT2D eigenvalue weighted by Gasteiger charge is 2.52. The molecular formula is C23H37N3O3. The first-order chi connectivity index (χ1) is 14.2.